The van der Waals surface area contributed by atoms with Crippen LogP contribution in [0.25, 0.3) is 0 Å². The maximum absolute atomic E-state index is 6.26. The molecule has 3 nitrogen and oxygen atoms in total. The fourth-order valence-electron chi connectivity index (χ4n) is 4.44. The fourth-order valence-corrected chi connectivity index (χ4v) is 4.44. The molecule has 1 aliphatic heterocycles. The second-order valence-corrected chi connectivity index (χ2v) is 7.43. The fraction of sp³-hybridized carbons (Fsp3) is 0.571. The summed E-state index contributed by atoms with van der Waals surface area (Å²) in [6.07, 6.45) is 11.2. The lowest BCUT2D eigenvalue weighted by Crippen LogP contribution is -2.18. The Kier molecular flexibility index (Phi) is 4.98. The molecule has 1 unspecified atom stereocenters. The van der Waals surface area contributed by atoms with Crippen LogP contribution in [-0.2, 0) is 6.54 Å². The van der Waals surface area contributed by atoms with Gasteiger partial charge in [0.1, 0.15) is 5.76 Å². The molecule has 2 heterocycles. The molecular formula is C21H28N2O. The number of nitrogens with zero attached hydrogens (tertiary/aromatic N) is 2. The van der Waals surface area contributed by atoms with Gasteiger partial charge in [-0.2, -0.15) is 0 Å². The Hall–Kier alpha value is -1.61. The van der Waals surface area contributed by atoms with E-state index in [1.165, 1.54) is 63.6 Å². The minimum Gasteiger partial charge on any atom is -0.444 e. The summed E-state index contributed by atoms with van der Waals surface area (Å²) in [6, 6.07) is 10.8. The van der Waals surface area contributed by atoms with E-state index < -0.39 is 0 Å². The highest BCUT2D eigenvalue weighted by atomic mass is 16.4. The van der Waals surface area contributed by atoms with Crippen molar-refractivity contribution in [2.75, 3.05) is 13.1 Å². The van der Waals surface area contributed by atoms with E-state index in [1.54, 1.807) is 0 Å². The Morgan fingerprint density at radius 2 is 1.75 bits per heavy atom. The lowest BCUT2D eigenvalue weighted by molar-refractivity contribution is 0.267. The van der Waals surface area contributed by atoms with Crippen LogP contribution in [0.3, 0.4) is 0 Å². The van der Waals surface area contributed by atoms with Crippen molar-refractivity contribution < 1.29 is 4.42 Å². The maximum atomic E-state index is 6.26. The summed E-state index contributed by atoms with van der Waals surface area (Å²) in [7, 11) is 0. The van der Waals surface area contributed by atoms with E-state index in [-0.39, 0.29) is 0 Å². The van der Waals surface area contributed by atoms with E-state index in [2.05, 4.69) is 35.2 Å². The average molecular weight is 324 g/mol. The topological polar surface area (TPSA) is 29.3 Å². The molecule has 1 saturated heterocycles. The van der Waals surface area contributed by atoms with Crippen LogP contribution < -0.4 is 0 Å². The predicted molar refractivity (Wildman–Crippen MR) is 95.9 cm³/mol. The summed E-state index contributed by atoms with van der Waals surface area (Å²) >= 11 is 0. The summed E-state index contributed by atoms with van der Waals surface area (Å²) < 4.78 is 6.26. The first-order chi connectivity index (χ1) is 11.9. The summed E-state index contributed by atoms with van der Waals surface area (Å²) in [6.45, 7) is 3.31. The van der Waals surface area contributed by atoms with Crippen molar-refractivity contribution in [2.45, 2.75) is 57.4 Å². The molecule has 0 N–H and O–H groups in total. The minimum atomic E-state index is 0.318. The minimum absolute atomic E-state index is 0.318. The van der Waals surface area contributed by atoms with Gasteiger partial charge in [0.2, 0.25) is 5.89 Å². The molecule has 2 fully saturated rings. The number of rotatable bonds is 5. The molecule has 1 aromatic carbocycles. The SMILES string of the molecule is c1ccc(C(c2ncc(CN3CCCC3)o2)C2CCCCC2)cc1. The number of aromatic nitrogens is 1. The van der Waals surface area contributed by atoms with Crippen LogP contribution in [0.5, 0.6) is 0 Å². The van der Waals surface area contributed by atoms with E-state index in [0.29, 0.717) is 11.8 Å². The van der Waals surface area contributed by atoms with E-state index in [9.17, 15) is 0 Å². The lowest BCUT2D eigenvalue weighted by atomic mass is 9.77. The molecule has 3 heteroatoms. The normalized spacial score (nSPS) is 21.2. The number of hydrogen-bond acceptors (Lipinski definition) is 3. The summed E-state index contributed by atoms with van der Waals surface area (Å²) in [5, 5.41) is 0. The van der Waals surface area contributed by atoms with Crippen molar-refractivity contribution in [3.8, 4) is 0 Å². The van der Waals surface area contributed by atoms with E-state index in [0.717, 1.165) is 18.2 Å². The molecule has 4 rings (SSSR count). The second kappa shape index (κ2) is 7.52. The highest BCUT2D eigenvalue weighted by Crippen LogP contribution is 2.40. The van der Waals surface area contributed by atoms with Crippen LogP contribution in [0.2, 0.25) is 0 Å². The molecule has 128 valence electrons. The molecule has 0 amide bonds. The quantitative estimate of drug-likeness (QED) is 0.776. The summed E-state index contributed by atoms with van der Waals surface area (Å²) in [5.74, 6) is 2.95. The van der Waals surface area contributed by atoms with Crippen molar-refractivity contribution in [1.82, 2.24) is 9.88 Å². The zero-order valence-electron chi connectivity index (χ0n) is 14.5. The van der Waals surface area contributed by atoms with Crippen molar-refractivity contribution >= 4 is 0 Å². The highest BCUT2D eigenvalue weighted by Gasteiger charge is 2.30. The lowest BCUT2D eigenvalue weighted by Gasteiger charge is -2.28. The molecular weight excluding hydrogens is 296 g/mol. The monoisotopic (exact) mass is 324 g/mol. The number of hydrogen-bond donors (Lipinski definition) is 0. The van der Waals surface area contributed by atoms with Gasteiger partial charge < -0.3 is 4.42 Å². The standard InChI is InChI=1S/C21H28N2O/c1-3-9-17(10-4-1)20(18-11-5-2-6-12-18)21-22-15-19(24-21)16-23-13-7-8-14-23/h1,3-4,9-10,15,18,20H,2,5-8,11-14,16H2. The first-order valence-electron chi connectivity index (χ1n) is 9.62. The predicted octanol–water partition coefficient (Wildman–Crippen LogP) is 4.98. The zero-order valence-corrected chi connectivity index (χ0v) is 14.5. The Labute approximate surface area is 145 Å². The Morgan fingerprint density at radius 1 is 1.00 bits per heavy atom. The Bertz CT molecular complexity index is 624. The van der Waals surface area contributed by atoms with Crippen molar-refractivity contribution in [1.29, 1.82) is 0 Å². The van der Waals surface area contributed by atoms with Crippen LogP contribution in [0, 0.1) is 5.92 Å². The Balaban J connectivity index is 1.57. The van der Waals surface area contributed by atoms with E-state index in [1.807, 2.05) is 6.20 Å². The van der Waals surface area contributed by atoms with Crippen LogP contribution in [-0.4, -0.2) is 23.0 Å². The van der Waals surface area contributed by atoms with Crippen molar-refractivity contribution in [2.24, 2.45) is 5.92 Å². The van der Waals surface area contributed by atoms with Crippen LogP contribution in [0.4, 0.5) is 0 Å². The van der Waals surface area contributed by atoms with Gasteiger partial charge in [0.05, 0.1) is 18.7 Å². The molecule has 0 bridgehead atoms. The second-order valence-electron chi connectivity index (χ2n) is 7.43. The third kappa shape index (κ3) is 3.56. The maximum Gasteiger partial charge on any atom is 0.202 e. The largest absolute Gasteiger partial charge is 0.444 e. The van der Waals surface area contributed by atoms with E-state index >= 15 is 0 Å². The summed E-state index contributed by atoms with van der Waals surface area (Å²) in [4.78, 5) is 7.19. The average Bonchev–Trinajstić information content (AvgIpc) is 3.30. The molecule has 1 aromatic heterocycles. The molecule has 24 heavy (non-hydrogen) atoms. The van der Waals surface area contributed by atoms with Gasteiger partial charge in [-0.1, -0.05) is 49.6 Å². The molecule has 1 aliphatic carbocycles. The first kappa shape index (κ1) is 15.9. The molecule has 1 saturated carbocycles. The molecule has 2 aromatic rings. The molecule has 1 atom stereocenters. The first-order valence-corrected chi connectivity index (χ1v) is 9.62. The van der Waals surface area contributed by atoms with Crippen LogP contribution in [0.15, 0.2) is 40.9 Å². The van der Waals surface area contributed by atoms with Crippen LogP contribution in [0.1, 0.15) is 68.1 Å². The number of benzene rings is 1. The van der Waals surface area contributed by atoms with Gasteiger partial charge in [-0.25, -0.2) is 4.98 Å². The number of likely N-dealkylation sites (tertiary alicyclic amines) is 1. The van der Waals surface area contributed by atoms with Gasteiger partial charge in [-0.05, 0) is 50.3 Å². The molecule has 2 aliphatic rings. The Morgan fingerprint density at radius 3 is 2.50 bits per heavy atom. The van der Waals surface area contributed by atoms with Gasteiger partial charge in [0.15, 0.2) is 0 Å². The van der Waals surface area contributed by atoms with E-state index in [4.69, 9.17) is 9.40 Å². The van der Waals surface area contributed by atoms with Gasteiger partial charge in [-0.15, -0.1) is 0 Å². The zero-order chi connectivity index (χ0) is 16.2. The van der Waals surface area contributed by atoms with Gasteiger partial charge >= 0.3 is 0 Å². The van der Waals surface area contributed by atoms with Gasteiger partial charge in [-0.3, -0.25) is 4.90 Å². The smallest absolute Gasteiger partial charge is 0.202 e. The van der Waals surface area contributed by atoms with Gasteiger partial charge in [0, 0.05) is 0 Å². The molecule has 0 spiro atoms. The van der Waals surface area contributed by atoms with Gasteiger partial charge in [0.25, 0.3) is 0 Å². The third-order valence-corrected chi connectivity index (χ3v) is 5.70. The van der Waals surface area contributed by atoms with Crippen molar-refractivity contribution in [3.05, 3.63) is 53.7 Å². The van der Waals surface area contributed by atoms with Crippen molar-refractivity contribution in [3.63, 3.8) is 0 Å². The highest BCUT2D eigenvalue weighted by molar-refractivity contribution is 5.26. The summed E-state index contributed by atoms with van der Waals surface area (Å²) in [5.41, 5.74) is 1.36. The third-order valence-electron chi connectivity index (χ3n) is 5.70. The van der Waals surface area contributed by atoms with Crippen LogP contribution >= 0.6 is 0 Å². The number of oxazole rings is 1. The molecule has 0 radical (unpaired) electrons.